The van der Waals surface area contributed by atoms with E-state index in [9.17, 15) is 19.5 Å². The zero-order valence-electron chi connectivity index (χ0n) is 18.8. The molecular formula is C23H23ClN6O4. The molecule has 2 atom stereocenters. The number of aromatic nitrogens is 5. The Morgan fingerprint density at radius 2 is 1.88 bits per heavy atom. The highest BCUT2D eigenvalue weighted by atomic mass is 35.5. The highest BCUT2D eigenvalue weighted by molar-refractivity contribution is 6.30. The lowest BCUT2D eigenvalue weighted by Crippen LogP contribution is -2.52. The first-order valence-electron chi connectivity index (χ1n) is 10.5. The number of aryl methyl sites for hydroxylation is 1. The van der Waals surface area contributed by atoms with Crippen molar-refractivity contribution in [3.63, 3.8) is 0 Å². The Labute approximate surface area is 198 Å². The van der Waals surface area contributed by atoms with Gasteiger partial charge in [-0.15, -0.1) is 0 Å². The van der Waals surface area contributed by atoms with Gasteiger partial charge in [0.15, 0.2) is 0 Å². The number of nitrogens with zero attached hydrogens (tertiary/aromatic N) is 5. The maximum atomic E-state index is 13.5. The van der Waals surface area contributed by atoms with Gasteiger partial charge in [-0.1, -0.05) is 23.7 Å². The molecule has 4 aromatic rings. The number of benzene rings is 2. The molecule has 11 heteroatoms. The van der Waals surface area contributed by atoms with Gasteiger partial charge in [-0.2, -0.15) is 0 Å². The van der Waals surface area contributed by atoms with Crippen LogP contribution in [0.2, 0.25) is 5.02 Å². The Morgan fingerprint density at radius 3 is 2.56 bits per heavy atom. The van der Waals surface area contributed by atoms with Crippen molar-refractivity contribution in [1.82, 2.24) is 23.7 Å². The minimum absolute atomic E-state index is 0.0397. The van der Waals surface area contributed by atoms with Gasteiger partial charge in [-0.3, -0.25) is 14.3 Å². The van der Waals surface area contributed by atoms with Crippen LogP contribution in [0.1, 0.15) is 25.5 Å². The summed E-state index contributed by atoms with van der Waals surface area (Å²) in [7, 11) is 1.86. The fourth-order valence-electron chi connectivity index (χ4n) is 3.63. The van der Waals surface area contributed by atoms with Gasteiger partial charge in [0.05, 0.1) is 41.6 Å². The average Bonchev–Trinajstić information content (AvgIpc) is 3.17. The Kier molecular flexibility index (Phi) is 6.25. The lowest BCUT2D eigenvalue weighted by atomic mass is 10.0. The third-order valence-corrected chi connectivity index (χ3v) is 6.10. The van der Waals surface area contributed by atoms with Gasteiger partial charge in [0.2, 0.25) is 5.62 Å². The largest absolute Gasteiger partial charge is 0.481 e. The highest BCUT2D eigenvalue weighted by Gasteiger charge is 2.25. The lowest BCUT2D eigenvalue weighted by Gasteiger charge is -2.19. The number of H-pyrrole nitrogens is 1. The smallest absolute Gasteiger partial charge is 0.335 e. The van der Waals surface area contributed by atoms with E-state index in [-0.39, 0.29) is 12.2 Å². The third-order valence-electron chi connectivity index (χ3n) is 5.85. The van der Waals surface area contributed by atoms with E-state index < -0.39 is 29.3 Å². The van der Waals surface area contributed by atoms with Gasteiger partial charge in [0, 0.05) is 12.1 Å². The maximum Gasteiger partial charge on any atom is 0.335 e. The summed E-state index contributed by atoms with van der Waals surface area (Å²) >= 11 is 5.99. The summed E-state index contributed by atoms with van der Waals surface area (Å²) in [6.45, 7) is 3.06. The zero-order chi connectivity index (χ0) is 24.6. The average molecular weight is 483 g/mol. The fourth-order valence-corrected chi connectivity index (χ4v) is 3.76. The molecule has 176 valence electrons. The van der Waals surface area contributed by atoms with Gasteiger partial charge in [0.25, 0.3) is 0 Å². The Hall–Kier alpha value is -3.92. The van der Waals surface area contributed by atoms with Gasteiger partial charge in [-0.05, 0) is 49.7 Å². The molecule has 0 aliphatic heterocycles. The molecule has 34 heavy (non-hydrogen) atoms. The minimum Gasteiger partial charge on any atom is -0.481 e. The van der Waals surface area contributed by atoms with Crippen LogP contribution in [-0.4, -0.2) is 34.7 Å². The van der Waals surface area contributed by atoms with E-state index in [1.165, 1.54) is 18.4 Å². The number of carbonyl (C=O) groups is 1. The number of carboxylic acid groups (broad SMARTS) is 1. The summed E-state index contributed by atoms with van der Waals surface area (Å²) in [6, 6.07) is 11.4. The molecule has 0 saturated carbocycles. The second-order valence-electron chi connectivity index (χ2n) is 8.13. The molecule has 0 unspecified atom stereocenters. The number of hydrogen-bond acceptors (Lipinski definition) is 5. The van der Waals surface area contributed by atoms with Crippen LogP contribution in [0.3, 0.4) is 0 Å². The van der Waals surface area contributed by atoms with E-state index in [2.05, 4.69) is 15.0 Å². The van der Waals surface area contributed by atoms with E-state index in [1.54, 1.807) is 48.8 Å². The van der Waals surface area contributed by atoms with E-state index in [1.807, 2.05) is 11.6 Å². The molecule has 0 aliphatic carbocycles. The molecule has 2 aromatic carbocycles. The maximum absolute atomic E-state index is 13.5. The third kappa shape index (κ3) is 4.44. The van der Waals surface area contributed by atoms with Crippen molar-refractivity contribution in [2.45, 2.75) is 26.4 Å². The quantitative estimate of drug-likeness (QED) is 0.436. The second-order valence-corrected chi connectivity index (χ2v) is 8.56. The summed E-state index contributed by atoms with van der Waals surface area (Å²) < 4.78 is 4.06. The van der Waals surface area contributed by atoms with Crippen LogP contribution in [-0.2, 0) is 18.4 Å². The molecule has 4 rings (SSSR count). The Morgan fingerprint density at radius 1 is 1.18 bits per heavy atom. The molecule has 2 aromatic heterocycles. The summed E-state index contributed by atoms with van der Waals surface area (Å²) in [5.41, 5.74) is 1.53. The predicted molar refractivity (Wildman–Crippen MR) is 127 cm³/mol. The number of halogens is 1. The predicted octanol–water partition coefficient (Wildman–Crippen LogP) is 2.44. The van der Waals surface area contributed by atoms with Crippen LogP contribution >= 0.6 is 11.6 Å². The van der Waals surface area contributed by atoms with Crippen molar-refractivity contribution >= 4 is 34.3 Å². The Bertz CT molecular complexity index is 1560. The van der Waals surface area contributed by atoms with Crippen molar-refractivity contribution in [2.75, 3.05) is 0 Å². The summed E-state index contributed by atoms with van der Waals surface area (Å²) in [5, 5.41) is 9.94. The first kappa shape index (κ1) is 23.2. The highest BCUT2D eigenvalue weighted by Crippen LogP contribution is 2.19. The molecule has 0 aliphatic rings. The SMILES string of the molecule is C[C@@H](C(=O)O)[C@H](C)n1c(=O)[nH]/c(=N\c2ccc3ncn(C)c3c2)n(Cc2ccc(Cl)cc2)c1=O. The van der Waals surface area contributed by atoms with Crippen LogP contribution < -0.4 is 17.0 Å². The number of carboxylic acids is 1. The van der Waals surface area contributed by atoms with Crippen molar-refractivity contribution in [1.29, 1.82) is 0 Å². The van der Waals surface area contributed by atoms with E-state index in [0.717, 1.165) is 21.2 Å². The fraction of sp³-hybridized carbons (Fsp3) is 0.261. The molecule has 0 bridgehead atoms. The van der Waals surface area contributed by atoms with Gasteiger partial charge in [-0.25, -0.2) is 24.1 Å². The van der Waals surface area contributed by atoms with Crippen LogP contribution in [0.25, 0.3) is 11.0 Å². The van der Waals surface area contributed by atoms with E-state index in [0.29, 0.717) is 10.7 Å². The minimum atomic E-state index is -1.11. The number of nitrogens with one attached hydrogen (secondary N) is 1. The van der Waals surface area contributed by atoms with Gasteiger partial charge >= 0.3 is 17.3 Å². The molecule has 2 N–H and O–H groups in total. The molecule has 0 amide bonds. The van der Waals surface area contributed by atoms with Crippen molar-refractivity contribution in [3.05, 3.63) is 86.0 Å². The Balaban J connectivity index is 1.93. The number of hydrogen-bond donors (Lipinski definition) is 2. The molecule has 0 saturated heterocycles. The van der Waals surface area contributed by atoms with Crippen molar-refractivity contribution in [3.8, 4) is 0 Å². The number of aromatic amines is 1. The van der Waals surface area contributed by atoms with E-state index in [4.69, 9.17) is 11.6 Å². The normalized spacial score (nSPS) is 13.8. The topological polar surface area (TPSA) is 127 Å². The summed E-state index contributed by atoms with van der Waals surface area (Å²) in [5.74, 6) is -2.07. The van der Waals surface area contributed by atoms with Crippen LogP contribution in [0.4, 0.5) is 5.69 Å². The van der Waals surface area contributed by atoms with E-state index >= 15 is 0 Å². The number of fused-ring (bicyclic) bond motifs is 1. The first-order valence-corrected chi connectivity index (χ1v) is 10.9. The monoisotopic (exact) mass is 482 g/mol. The number of rotatable bonds is 6. The van der Waals surface area contributed by atoms with Gasteiger partial charge < -0.3 is 9.67 Å². The van der Waals surface area contributed by atoms with Gasteiger partial charge in [0.1, 0.15) is 0 Å². The van der Waals surface area contributed by atoms with Crippen LogP contribution in [0.15, 0.2) is 63.4 Å². The number of imidazole rings is 1. The molecular weight excluding hydrogens is 460 g/mol. The molecule has 10 nitrogen and oxygen atoms in total. The first-order chi connectivity index (χ1) is 16.2. The summed E-state index contributed by atoms with van der Waals surface area (Å²) in [6.07, 6.45) is 1.68. The lowest BCUT2D eigenvalue weighted by molar-refractivity contribution is -0.142. The summed E-state index contributed by atoms with van der Waals surface area (Å²) in [4.78, 5) is 49.4. The number of aliphatic carboxylic acids is 1. The zero-order valence-corrected chi connectivity index (χ0v) is 19.5. The van der Waals surface area contributed by atoms with Crippen molar-refractivity contribution < 1.29 is 9.90 Å². The second kappa shape index (κ2) is 9.14. The molecule has 2 heterocycles. The van der Waals surface area contributed by atoms with Crippen LogP contribution in [0.5, 0.6) is 0 Å². The molecule has 0 spiro atoms. The molecule has 0 radical (unpaired) electrons. The van der Waals surface area contributed by atoms with Crippen molar-refractivity contribution in [2.24, 2.45) is 18.0 Å². The molecule has 0 fully saturated rings. The van der Waals surface area contributed by atoms with Crippen LogP contribution in [0, 0.1) is 5.92 Å². The standard InChI is InChI=1S/C23H23ClN6O4/c1-13(20(31)32)14(2)30-22(33)27-21(26-17-8-9-18-19(10-17)28(3)12-25-18)29(23(30)34)11-15-4-6-16(24)7-5-15/h4-10,12-14H,11H2,1-3H3,(H,31,32)(H,26,27,33)/t13-,14+/m1/s1.